The highest BCUT2D eigenvalue weighted by atomic mass is 32.1. The van der Waals surface area contributed by atoms with Crippen LogP contribution in [0.1, 0.15) is 41.0 Å². The Morgan fingerprint density at radius 3 is 1.77 bits per heavy atom. The molecule has 0 saturated heterocycles. The molecular weight excluding hydrogens is 182 g/mol. The molecule has 0 aliphatic carbocycles. The molecule has 0 unspecified atom stereocenters. The van der Waals surface area contributed by atoms with Crippen LogP contribution in [0.2, 0.25) is 0 Å². The van der Waals surface area contributed by atoms with Gasteiger partial charge in [-0.2, -0.15) is 0 Å². The molecule has 0 saturated carbocycles. The number of rotatable bonds is 1. The Balaban J connectivity index is -0.000000169. The van der Waals surface area contributed by atoms with E-state index in [1.54, 1.807) is 0 Å². The molecule has 2 nitrogen and oxygen atoms in total. The number of hydrogen-bond acceptors (Lipinski definition) is 2. The average molecular weight is 205 g/mol. The summed E-state index contributed by atoms with van der Waals surface area (Å²) in [4.78, 5) is 0. The molecule has 1 N–H and O–H groups in total. The predicted octanol–water partition coefficient (Wildman–Crippen LogP) is 3.48. The minimum absolute atomic E-state index is 0.359. The third-order valence-electron chi connectivity index (χ3n) is 0.501. The molecular formula is C10H23NOS. The summed E-state index contributed by atoms with van der Waals surface area (Å²) in [5, 5.41) is 3.07. The van der Waals surface area contributed by atoms with Gasteiger partial charge in [-0.3, -0.25) is 0 Å². The maximum Gasteiger partial charge on any atom is 0.260 e. The molecule has 0 bridgehead atoms. The van der Waals surface area contributed by atoms with Crippen LogP contribution < -0.4 is 5.32 Å². The van der Waals surface area contributed by atoms with Gasteiger partial charge in [-0.05, 0) is 19.1 Å². The van der Waals surface area contributed by atoms with Gasteiger partial charge in [-0.15, -0.1) is 0 Å². The van der Waals surface area contributed by atoms with Crippen molar-refractivity contribution in [1.82, 2.24) is 5.32 Å². The number of nitrogens with one attached hydrogen (secondary N) is 1. The smallest absolute Gasteiger partial charge is 0.260 e. The first-order valence-corrected chi connectivity index (χ1v) is 4.99. The zero-order valence-electron chi connectivity index (χ0n) is 9.73. The predicted molar refractivity (Wildman–Crippen MR) is 64.9 cm³/mol. The van der Waals surface area contributed by atoms with E-state index in [9.17, 15) is 0 Å². The van der Waals surface area contributed by atoms with E-state index in [-0.39, 0.29) is 0 Å². The third-order valence-corrected chi connectivity index (χ3v) is 0.770. The van der Waals surface area contributed by atoms with Crippen molar-refractivity contribution in [2.24, 2.45) is 0 Å². The van der Waals surface area contributed by atoms with Gasteiger partial charge in [-0.1, -0.05) is 40.7 Å². The topological polar surface area (TPSA) is 21.3 Å². The quantitative estimate of drug-likeness (QED) is 0.662. The summed E-state index contributed by atoms with van der Waals surface area (Å²) < 4.78 is 4.62. The molecule has 0 aliphatic rings. The number of thiocarbonyl (C=S) groups is 1. The summed E-state index contributed by atoms with van der Waals surface area (Å²) in [6, 6.07) is 0. The van der Waals surface area contributed by atoms with Crippen molar-refractivity contribution in [2.45, 2.75) is 41.0 Å². The largest absolute Gasteiger partial charge is 0.474 e. The molecule has 13 heavy (non-hydrogen) atoms. The fraction of sp³-hybridized carbons (Fsp3) is 0.700. The van der Waals surface area contributed by atoms with Gasteiger partial charge in [0.25, 0.3) is 5.17 Å². The van der Waals surface area contributed by atoms with Gasteiger partial charge in [0.2, 0.25) is 0 Å². The molecule has 0 radical (unpaired) electrons. The molecule has 80 valence electrons. The Morgan fingerprint density at radius 1 is 1.38 bits per heavy atom. The van der Waals surface area contributed by atoms with Crippen LogP contribution in [-0.4, -0.2) is 12.3 Å². The van der Waals surface area contributed by atoms with Crippen molar-refractivity contribution < 1.29 is 4.74 Å². The summed E-state index contributed by atoms with van der Waals surface area (Å²) in [6.07, 6.45) is 1.25. The molecule has 0 amide bonds. The van der Waals surface area contributed by atoms with E-state index < -0.39 is 0 Å². The Labute approximate surface area is 88.4 Å². The van der Waals surface area contributed by atoms with Gasteiger partial charge in [0, 0.05) is 5.70 Å². The Hall–Kier alpha value is -0.570. The van der Waals surface area contributed by atoms with E-state index in [1.165, 1.54) is 13.5 Å². The fourth-order valence-corrected chi connectivity index (χ4v) is 0.399. The Morgan fingerprint density at radius 2 is 1.69 bits per heavy atom. The Kier molecular flexibility index (Phi) is 24.6. The monoisotopic (exact) mass is 205 g/mol. The summed E-state index contributed by atoms with van der Waals surface area (Å²) in [6.45, 7) is 13.6. The summed E-state index contributed by atoms with van der Waals surface area (Å²) in [5.74, 6) is 0. The van der Waals surface area contributed by atoms with Gasteiger partial charge in [0.05, 0.1) is 7.11 Å². The van der Waals surface area contributed by atoms with Crippen molar-refractivity contribution in [2.75, 3.05) is 7.11 Å². The van der Waals surface area contributed by atoms with E-state index in [4.69, 9.17) is 0 Å². The van der Waals surface area contributed by atoms with Crippen LogP contribution in [0.15, 0.2) is 12.3 Å². The lowest BCUT2D eigenvalue weighted by Crippen LogP contribution is -2.19. The molecule has 0 heterocycles. The lowest BCUT2D eigenvalue weighted by molar-refractivity contribution is 0.398. The summed E-state index contributed by atoms with van der Waals surface area (Å²) >= 11 is 4.64. The molecule has 0 spiro atoms. The first kappa shape index (κ1) is 18.3. The first-order valence-electron chi connectivity index (χ1n) is 4.58. The standard InChI is InChI=1S/C5H9NOS.C3H8.C2H6/c1-4(2)6-5(8)7-3;1-3-2;1-2/h1H2,2-3H3,(H,6,8);3H2,1-2H3;1-2H3. The number of hydrogen-bond donors (Lipinski definition) is 1. The minimum atomic E-state index is 0.359. The average Bonchev–Trinajstić information content (AvgIpc) is 2.08. The van der Waals surface area contributed by atoms with Crippen LogP contribution in [0.3, 0.4) is 0 Å². The van der Waals surface area contributed by atoms with Crippen LogP contribution in [0, 0.1) is 0 Å². The zero-order chi connectivity index (χ0) is 11.3. The van der Waals surface area contributed by atoms with E-state index in [0.29, 0.717) is 5.17 Å². The lowest BCUT2D eigenvalue weighted by atomic mass is 10.6. The molecule has 0 aromatic heterocycles. The van der Waals surface area contributed by atoms with E-state index in [1.807, 2.05) is 20.8 Å². The second-order valence-corrected chi connectivity index (χ2v) is 2.47. The fourth-order valence-electron chi connectivity index (χ4n) is 0.225. The van der Waals surface area contributed by atoms with Gasteiger partial charge in [0.15, 0.2) is 0 Å². The van der Waals surface area contributed by atoms with Crippen molar-refractivity contribution in [1.29, 1.82) is 0 Å². The van der Waals surface area contributed by atoms with Gasteiger partial charge in [0.1, 0.15) is 0 Å². The van der Waals surface area contributed by atoms with Crippen LogP contribution >= 0.6 is 12.2 Å². The minimum Gasteiger partial charge on any atom is -0.474 e. The highest BCUT2D eigenvalue weighted by Crippen LogP contribution is 1.80. The molecule has 0 rings (SSSR count). The normalized spacial score (nSPS) is 6.62. The van der Waals surface area contributed by atoms with Crippen molar-refractivity contribution in [3.8, 4) is 0 Å². The molecule has 0 aromatic carbocycles. The van der Waals surface area contributed by atoms with Crippen LogP contribution in [0.4, 0.5) is 0 Å². The molecule has 3 heteroatoms. The van der Waals surface area contributed by atoms with Crippen LogP contribution in [0.5, 0.6) is 0 Å². The third kappa shape index (κ3) is 34.5. The number of allylic oxidation sites excluding steroid dienone is 1. The second kappa shape index (κ2) is 17.5. The maximum atomic E-state index is 4.64. The van der Waals surface area contributed by atoms with E-state index in [2.05, 4.69) is 42.7 Å². The van der Waals surface area contributed by atoms with Crippen molar-refractivity contribution in [3.05, 3.63) is 12.3 Å². The SMILES string of the molecule is C=C(C)NC(=S)OC.CC.CCC. The number of ether oxygens (including phenoxy) is 1. The lowest BCUT2D eigenvalue weighted by Gasteiger charge is -2.02. The summed E-state index contributed by atoms with van der Waals surface area (Å²) in [7, 11) is 1.51. The second-order valence-electron chi connectivity index (χ2n) is 2.10. The zero-order valence-corrected chi connectivity index (χ0v) is 10.5. The molecule has 0 aromatic rings. The highest BCUT2D eigenvalue weighted by molar-refractivity contribution is 7.80. The molecule has 0 atom stereocenters. The summed E-state index contributed by atoms with van der Waals surface area (Å²) in [5.41, 5.74) is 0.789. The molecule has 0 fully saturated rings. The van der Waals surface area contributed by atoms with Crippen molar-refractivity contribution in [3.63, 3.8) is 0 Å². The Bertz CT molecular complexity index is 124. The van der Waals surface area contributed by atoms with Gasteiger partial charge < -0.3 is 10.1 Å². The van der Waals surface area contributed by atoms with Crippen LogP contribution in [-0.2, 0) is 4.74 Å². The van der Waals surface area contributed by atoms with E-state index >= 15 is 0 Å². The van der Waals surface area contributed by atoms with Gasteiger partial charge >= 0.3 is 0 Å². The highest BCUT2D eigenvalue weighted by Gasteiger charge is 1.88. The first-order chi connectivity index (χ1) is 6.08. The van der Waals surface area contributed by atoms with Crippen molar-refractivity contribution >= 4 is 17.4 Å². The van der Waals surface area contributed by atoms with Crippen LogP contribution in [0.25, 0.3) is 0 Å². The maximum absolute atomic E-state index is 4.64. The number of methoxy groups -OCH3 is 1. The molecule has 0 aliphatic heterocycles. The van der Waals surface area contributed by atoms with E-state index in [0.717, 1.165) is 5.70 Å². The van der Waals surface area contributed by atoms with Gasteiger partial charge in [-0.25, -0.2) is 0 Å².